The number of hydrogen-bond donors (Lipinski definition) is 1. The largest absolute Gasteiger partial charge is 0.338 e. The number of carbonyl (C=O) groups is 1. The van der Waals surface area contributed by atoms with Crippen LogP contribution in [0.25, 0.3) is 0 Å². The molecule has 1 heterocycles. The Hall–Kier alpha value is -0.570. The van der Waals surface area contributed by atoms with Crippen molar-refractivity contribution in [3.63, 3.8) is 0 Å². The minimum atomic E-state index is -0.383. The molecule has 2 N–H and O–H groups in total. The maximum absolute atomic E-state index is 12.3. The first-order valence-corrected chi connectivity index (χ1v) is 6.31. The Kier molecular flexibility index (Phi) is 4.00. The second-order valence-electron chi connectivity index (χ2n) is 6.33. The van der Waals surface area contributed by atoms with Gasteiger partial charge in [0.15, 0.2) is 0 Å². The number of nitrogens with two attached hydrogens (primary N) is 1. The zero-order valence-corrected chi connectivity index (χ0v) is 11.3. The molecule has 1 aliphatic heterocycles. The fraction of sp³-hybridized carbons (Fsp3) is 0.923. The first kappa shape index (κ1) is 13.5. The Balaban J connectivity index is 2.74. The molecule has 0 aromatic rings. The Morgan fingerprint density at radius 2 is 1.94 bits per heavy atom. The first-order valence-electron chi connectivity index (χ1n) is 6.31. The number of carbonyl (C=O) groups excluding carboxylic acids is 1. The minimum Gasteiger partial charge on any atom is -0.338 e. The van der Waals surface area contributed by atoms with Crippen LogP contribution in [0.4, 0.5) is 0 Å². The van der Waals surface area contributed by atoms with Crippen LogP contribution >= 0.6 is 0 Å². The van der Waals surface area contributed by atoms with Gasteiger partial charge in [0.25, 0.3) is 0 Å². The van der Waals surface area contributed by atoms with Gasteiger partial charge in [-0.15, -0.1) is 0 Å². The molecule has 0 spiro atoms. The van der Waals surface area contributed by atoms with E-state index in [1.807, 2.05) is 25.7 Å². The van der Waals surface area contributed by atoms with Crippen LogP contribution in [-0.2, 0) is 4.79 Å². The van der Waals surface area contributed by atoms with Crippen molar-refractivity contribution in [3.05, 3.63) is 0 Å². The minimum absolute atomic E-state index is 0.128. The monoisotopic (exact) mass is 226 g/mol. The molecule has 0 saturated carbocycles. The molecule has 1 rings (SSSR count). The van der Waals surface area contributed by atoms with Crippen LogP contribution in [-0.4, -0.2) is 29.4 Å². The predicted octanol–water partition coefficient (Wildman–Crippen LogP) is 2.01. The summed E-state index contributed by atoms with van der Waals surface area (Å²) in [7, 11) is 0. The molecule has 3 nitrogen and oxygen atoms in total. The van der Waals surface area contributed by atoms with Crippen LogP contribution in [0.1, 0.15) is 47.5 Å². The van der Waals surface area contributed by atoms with E-state index in [1.54, 1.807) is 0 Å². The van der Waals surface area contributed by atoms with Gasteiger partial charge in [-0.05, 0) is 24.2 Å². The average molecular weight is 226 g/mol. The van der Waals surface area contributed by atoms with Gasteiger partial charge in [0.2, 0.25) is 5.91 Å². The third kappa shape index (κ3) is 2.76. The summed E-state index contributed by atoms with van der Waals surface area (Å²) >= 11 is 0. The van der Waals surface area contributed by atoms with Crippen molar-refractivity contribution in [3.8, 4) is 0 Å². The Bertz CT molecular complexity index is 255. The summed E-state index contributed by atoms with van der Waals surface area (Å²) in [6.07, 6.45) is 2.24. The summed E-state index contributed by atoms with van der Waals surface area (Å²) in [5.41, 5.74) is 5.89. The fourth-order valence-corrected chi connectivity index (χ4v) is 2.31. The molecule has 0 radical (unpaired) electrons. The highest BCUT2D eigenvalue weighted by Crippen LogP contribution is 2.27. The van der Waals surface area contributed by atoms with Gasteiger partial charge in [-0.3, -0.25) is 4.79 Å². The van der Waals surface area contributed by atoms with Crippen molar-refractivity contribution in [1.82, 2.24) is 4.90 Å². The lowest BCUT2D eigenvalue weighted by atomic mass is 9.86. The number of rotatable bonds is 2. The van der Waals surface area contributed by atoms with E-state index in [2.05, 4.69) is 13.8 Å². The summed E-state index contributed by atoms with van der Waals surface area (Å²) in [6.45, 7) is 11.3. The lowest BCUT2D eigenvalue weighted by Crippen LogP contribution is -2.52. The summed E-state index contributed by atoms with van der Waals surface area (Å²) in [6, 6.07) is 0.00718. The number of hydrogen-bond acceptors (Lipinski definition) is 2. The smallest absolute Gasteiger partial charge is 0.240 e. The second kappa shape index (κ2) is 4.74. The summed E-state index contributed by atoms with van der Waals surface area (Å²) in [5.74, 6) is 0.655. The van der Waals surface area contributed by atoms with Gasteiger partial charge in [-0.2, -0.15) is 0 Å². The topological polar surface area (TPSA) is 46.3 Å². The third-order valence-electron chi connectivity index (χ3n) is 3.55. The zero-order valence-electron chi connectivity index (χ0n) is 11.3. The van der Waals surface area contributed by atoms with Gasteiger partial charge in [-0.1, -0.05) is 34.6 Å². The number of likely N-dealkylation sites (tertiary alicyclic amines) is 1. The van der Waals surface area contributed by atoms with E-state index in [1.165, 1.54) is 0 Å². The zero-order chi connectivity index (χ0) is 12.5. The molecule has 1 amide bonds. The Morgan fingerprint density at radius 3 is 2.38 bits per heavy atom. The van der Waals surface area contributed by atoms with Gasteiger partial charge >= 0.3 is 0 Å². The molecule has 0 bridgehead atoms. The Morgan fingerprint density at radius 1 is 1.38 bits per heavy atom. The van der Waals surface area contributed by atoms with Gasteiger partial charge in [-0.25, -0.2) is 0 Å². The van der Waals surface area contributed by atoms with Crippen LogP contribution < -0.4 is 5.73 Å². The summed E-state index contributed by atoms with van der Waals surface area (Å²) < 4.78 is 0. The van der Waals surface area contributed by atoms with E-state index in [4.69, 9.17) is 5.73 Å². The van der Waals surface area contributed by atoms with Gasteiger partial charge in [0, 0.05) is 12.6 Å². The Labute approximate surface area is 99.4 Å². The molecule has 1 saturated heterocycles. The highest BCUT2D eigenvalue weighted by Gasteiger charge is 2.37. The third-order valence-corrected chi connectivity index (χ3v) is 3.55. The molecule has 1 fully saturated rings. The van der Waals surface area contributed by atoms with E-state index < -0.39 is 0 Å². The molecule has 2 unspecified atom stereocenters. The van der Waals surface area contributed by atoms with Gasteiger partial charge in [0.1, 0.15) is 0 Å². The second-order valence-corrected chi connectivity index (χ2v) is 6.33. The fourth-order valence-electron chi connectivity index (χ4n) is 2.31. The van der Waals surface area contributed by atoms with E-state index in [0.717, 1.165) is 19.4 Å². The first-order chi connectivity index (χ1) is 7.25. The lowest BCUT2D eigenvalue weighted by molar-refractivity contribution is -0.136. The standard InChI is InChI=1S/C13H26N2O/c1-9(2)10-7-6-8-15(10)12(16)11(14)13(3,4)5/h9-11H,6-8,14H2,1-5H3. The normalized spacial score (nSPS) is 23.9. The highest BCUT2D eigenvalue weighted by molar-refractivity contribution is 5.83. The van der Waals surface area contributed by atoms with Crippen molar-refractivity contribution < 1.29 is 4.79 Å². The predicted molar refractivity (Wildman–Crippen MR) is 67.0 cm³/mol. The highest BCUT2D eigenvalue weighted by atomic mass is 16.2. The molecular weight excluding hydrogens is 200 g/mol. The van der Waals surface area contributed by atoms with E-state index in [-0.39, 0.29) is 17.4 Å². The summed E-state index contributed by atoms with van der Waals surface area (Å²) in [4.78, 5) is 14.3. The van der Waals surface area contributed by atoms with Crippen LogP contribution in [0.3, 0.4) is 0 Å². The molecule has 3 heteroatoms. The summed E-state index contributed by atoms with van der Waals surface area (Å²) in [5, 5.41) is 0. The number of amides is 1. The van der Waals surface area contributed by atoms with Crippen LogP contribution in [0.15, 0.2) is 0 Å². The molecule has 94 valence electrons. The molecule has 0 aromatic carbocycles. The van der Waals surface area contributed by atoms with Crippen molar-refractivity contribution in [2.45, 2.75) is 59.5 Å². The van der Waals surface area contributed by atoms with Gasteiger partial charge < -0.3 is 10.6 Å². The number of nitrogens with zero attached hydrogens (tertiary/aromatic N) is 1. The molecule has 0 aromatic heterocycles. The van der Waals surface area contributed by atoms with Crippen molar-refractivity contribution in [2.24, 2.45) is 17.1 Å². The van der Waals surface area contributed by atoms with Crippen LogP contribution in [0.2, 0.25) is 0 Å². The molecule has 0 aliphatic carbocycles. The van der Waals surface area contributed by atoms with E-state index in [0.29, 0.717) is 12.0 Å². The molecular formula is C13H26N2O. The molecule has 1 aliphatic rings. The van der Waals surface area contributed by atoms with Crippen molar-refractivity contribution in [2.75, 3.05) is 6.54 Å². The van der Waals surface area contributed by atoms with Gasteiger partial charge in [0.05, 0.1) is 6.04 Å². The van der Waals surface area contributed by atoms with E-state index >= 15 is 0 Å². The van der Waals surface area contributed by atoms with Crippen LogP contribution in [0, 0.1) is 11.3 Å². The van der Waals surface area contributed by atoms with Crippen molar-refractivity contribution >= 4 is 5.91 Å². The van der Waals surface area contributed by atoms with Crippen molar-refractivity contribution in [1.29, 1.82) is 0 Å². The quantitative estimate of drug-likeness (QED) is 0.783. The SMILES string of the molecule is CC(C)C1CCCN1C(=O)C(N)C(C)(C)C. The maximum atomic E-state index is 12.3. The lowest BCUT2D eigenvalue weighted by Gasteiger charge is -2.34. The molecule has 2 atom stereocenters. The molecule has 16 heavy (non-hydrogen) atoms. The average Bonchev–Trinajstić information content (AvgIpc) is 2.62. The van der Waals surface area contributed by atoms with E-state index in [9.17, 15) is 4.79 Å². The van der Waals surface area contributed by atoms with Crippen LogP contribution in [0.5, 0.6) is 0 Å². The maximum Gasteiger partial charge on any atom is 0.240 e.